The Hall–Kier alpha value is -1.78. The predicted molar refractivity (Wildman–Crippen MR) is 72.0 cm³/mol. The van der Waals surface area contributed by atoms with Gasteiger partial charge in [0.2, 0.25) is 0 Å². The first-order valence-electron chi connectivity index (χ1n) is 6.57. The number of anilines is 1. The van der Waals surface area contributed by atoms with Crippen molar-refractivity contribution in [3.05, 3.63) is 41.5 Å². The van der Waals surface area contributed by atoms with Crippen LogP contribution in [0.2, 0.25) is 0 Å². The van der Waals surface area contributed by atoms with Crippen LogP contribution < -0.4 is 4.90 Å². The van der Waals surface area contributed by atoms with Gasteiger partial charge in [0.25, 0.3) is 0 Å². The zero-order chi connectivity index (χ0) is 14.8. The zero-order valence-corrected chi connectivity index (χ0v) is 11.2. The first-order chi connectivity index (χ1) is 9.43. The highest BCUT2D eigenvalue weighted by atomic mass is 19.4. The summed E-state index contributed by atoms with van der Waals surface area (Å²) >= 11 is 0. The van der Waals surface area contributed by atoms with Crippen molar-refractivity contribution in [2.75, 3.05) is 18.0 Å². The molecule has 0 amide bonds. The van der Waals surface area contributed by atoms with Crippen molar-refractivity contribution in [1.82, 2.24) is 0 Å². The second-order valence-electron chi connectivity index (χ2n) is 4.72. The molecule has 1 aromatic rings. The lowest BCUT2D eigenvalue weighted by molar-refractivity contribution is -0.0944. The fraction of sp³-hybridized carbons (Fsp3) is 0.400. The van der Waals surface area contributed by atoms with Gasteiger partial charge in [-0.15, -0.1) is 0 Å². The van der Waals surface area contributed by atoms with Gasteiger partial charge < -0.3 is 4.90 Å². The Morgan fingerprint density at radius 3 is 2.55 bits per heavy atom. The Morgan fingerprint density at radius 2 is 2.00 bits per heavy atom. The topological polar surface area (TPSA) is 20.3 Å². The number of ketones is 1. The van der Waals surface area contributed by atoms with Gasteiger partial charge in [0.15, 0.2) is 5.78 Å². The van der Waals surface area contributed by atoms with Crippen LogP contribution in [0.25, 0.3) is 0 Å². The number of hydrogen-bond donors (Lipinski definition) is 0. The van der Waals surface area contributed by atoms with Crippen LogP contribution in [0.5, 0.6) is 0 Å². The average molecular weight is 283 g/mol. The summed E-state index contributed by atoms with van der Waals surface area (Å²) in [6.07, 6.45) is -2.70. The fourth-order valence-electron chi connectivity index (χ4n) is 2.32. The lowest BCUT2D eigenvalue weighted by Crippen LogP contribution is -2.32. The molecular weight excluding hydrogens is 267 g/mol. The maximum Gasteiger partial charge on any atom is 0.412 e. The molecule has 0 saturated carbocycles. The summed E-state index contributed by atoms with van der Waals surface area (Å²) < 4.78 is 37.8. The molecule has 0 spiro atoms. The van der Waals surface area contributed by atoms with Crippen LogP contribution in [0, 0.1) is 0 Å². The molecular formula is C15H16F3NO. The van der Waals surface area contributed by atoms with Crippen molar-refractivity contribution in [1.29, 1.82) is 0 Å². The number of nitrogens with zero attached hydrogens (tertiary/aromatic N) is 1. The number of alkyl halides is 3. The highest BCUT2D eigenvalue weighted by Crippen LogP contribution is 2.32. The second kappa shape index (κ2) is 5.69. The largest absolute Gasteiger partial charge is 0.412 e. The lowest BCUT2D eigenvalue weighted by atomic mass is 10.0. The van der Waals surface area contributed by atoms with E-state index in [0.717, 1.165) is 5.69 Å². The van der Waals surface area contributed by atoms with Crippen LogP contribution in [-0.4, -0.2) is 25.0 Å². The molecule has 1 aromatic carbocycles. The van der Waals surface area contributed by atoms with Crippen LogP contribution in [0.3, 0.4) is 0 Å². The first-order valence-corrected chi connectivity index (χ1v) is 6.57. The van der Waals surface area contributed by atoms with E-state index in [9.17, 15) is 18.0 Å². The zero-order valence-electron chi connectivity index (χ0n) is 11.2. The Morgan fingerprint density at radius 1 is 1.30 bits per heavy atom. The quantitative estimate of drug-likeness (QED) is 0.618. The fourth-order valence-corrected chi connectivity index (χ4v) is 2.32. The van der Waals surface area contributed by atoms with E-state index < -0.39 is 11.7 Å². The monoisotopic (exact) mass is 283 g/mol. The summed E-state index contributed by atoms with van der Waals surface area (Å²) in [4.78, 5) is 13.7. The van der Waals surface area contributed by atoms with Crippen molar-refractivity contribution in [2.45, 2.75) is 25.9 Å². The van der Waals surface area contributed by atoms with Crippen LogP contribution in [-0.2, 0) is 0 Å². The van der Waals surface area contributed by atoms with Gasteiger partial charge in [-0.1, -0.05) is 25.1 Å². The van der Waals surface area contributed by atoms with Gasteiger partial charge in [-0.2, -0.15) is 13.2 Å². The van der Waals surface area contributed by atoms with E-state index in [1.54, 1.807) is 31.2 Å². The standard InChI is InChI=1S/C15H16F3NO/c1-2-14(20)12-5-3-4-6-13(12)19-9-7-11(8-10-19)15(16,17)18/h3-7H,2,8-10H2,1H3. The van der Waals surface area contributed by atoms with Gasteiger partial charge in [-0.3, -0.25) is 4.79 Å². The molecule has 0 atom stereocenters. The van der Waals surface area contributed by atoms with Crippen molar-refractivity contribution in [2.24, 2.45) is 0 Å². The first kappa shape index (κ1) is 14.6. The van der Waals surface area contributed by atoms with Crippen molar-refractivity contribution >= 4 is 11.5 Å². The number of hydrogen-bond acceptors (Lipinski definition) is 2. The number of Topliss-reactive ketones (excluding diaryl/α,β-unsaturated/α-hetero) is 1. The van der Waals surface area contributed by atoms with Crippen LogP contribution >= 0.6 is 0 Å². The highest BCUT2D eigenvalue weighted by molar-refractivity contribution is 6.01. The number of carbonyl (C=O) groups excluding carboxylic acids is 1. The molecule has 0 aromatic heterocycles. The molecule has 0 unspecified atom stereocenters. The molecule has 0 N–H and O–H groups in total. The maximum atomic E-state index is 12.6. The van der Waals surface area contributed by atoms with E-state index >= 15 is 0 Å². The Kier molecular flexibility index (Phi) is 4.16. The van der Waals surface area contributed by atoms with E-state index in [1.807, 2.05) is 4.90 Å². The van der Waals surface area contributed by atoms with Crippen LogP contribution in [0.4, 0.5) is 18.9 Å². The number of benzene rings is 1. The third-order valence-electron chi connectivity index (χ3n) is 3.44. The van der Waals surface area contributed by atoms with Gasteiger partial charge in [0.1, 0.15) is 0 Å². The Bertz CT molecular complexity index is 534. The van der Waals surface area contributed by atoms with E-state index in [1.165, 1.54) is 6.08 Å². The number of rotatable bonds is 3. The molecule has 0 bridgehead atoms. The molecule has 1 aliphatic heterocycles. The normalized spacial score (nSPS) is 16.0. The molecule has 2 rings (SSSR count). The summed E-state index contributed by atoms with van der Waals surface area (Å²) in [6.45, 7) is 2.24. The minimum Gasteiger partial charge on any atom is -0.367 e. The Labute approximate surface area is 115 Å². The number of para-hydroxylation sites is 1. The van der Waals surface area contributed by atoms with Crippen molar-refractivity contribution in [3.63, 3.8) is 0 Å². The SMILES string of the molecule is CCC(=O)c1ccccc1N1CC=C(C(F)(F)F)CC1. The molecule has 0 saturated heterocycles. The molecule has 108 valence electrons. The molecule has 0 fully saturated rings. The molecule has 1 heterocycles. The third-order valence-corrected chi connectivity index (χ3v) is 3.44. The predicted octanol–water partition coefficient (Wildman–Crippen LogP) is 3.98. The van der Waals surface area contributed by atoms with Crippen LogP contribution in [0.1, 0.15) is 30.1 Å². The van der Waals surface area contributed by atoms with Gasteiger partial charge >= 0.3 is 6.18 Å². The van der Waals surface area contributed by atoms with Gasteiger partial charge in [-0.05, 0) is 18.6 Å². The number of carbonyl (C=O) groups is 1. The minimum absolute atomic E-state index is 0.00574. The number of halogens is 3. The van der Waals surface area contributed by atoms with E-state index in [-0.39, 0.29) is 25.3 Å². The highest BCUT2D eigenvalue weighted by Gasteiger charge is 2.35. The van der Waals surface area contributed by atoms with E-state index in [2.05, 4.69) is 0 Å². The smallest absolute Gasteiger partial charge is 0.367 e. The third kappa shape index (κ3) is 3.03. The molecule has 0 radical (unpaired) electrons. The Balaban J connectivity index is 2.23. The molecule has 20 heavy (non-hydrogen) atoms. The van der Waals surface area contributed by atoms with Crippen molar-refractivity contribution in [3.8, 4) is 0 Å². The van der Waals surface area contributed by atoms with Crippen LogP contribution in [0.15, 0.2) is 35.9 Å². The van der Waals surface area contributed by atoms with Crippen molar-refractivity contribution < 1.29 is 18.0 Å². The van der Waals surface area contributed by atoms with Gasteiger partial charge in [-0.25, -0.2) is 0 Å². The molecule has 1 aliphatic rings. The van der Waals surface area contributed by atoms with E-state index in [0.29, 0.717) is 12.0 Å². The summed E-state index contributed by atoms with van der Waals surface area (Å²) in [5.74, 6) is 0.00574. The summed E-state index contributed by atoms with van der Waals surface area (Å²) in [7, 11) is 0. The van der Waals surface area contributed by atoms with E-state index in [4.69, 9.17) is 0 Å². The van der Waals surface area contributed by atoms with Gasteiger partial charge in [0, 0.05) is 36.3 Å². The molecule has 2 nitrogen and oxygen atoms in total. The minimum atomic E-state index is -4.25. The summed E-state index contributed by atoms with van der Waals surface area (Å²) in [6, 6.07) is 7.08. The average Bonchev–Trinajstić information content (AvgIpc) is 2.45. The summed E-state index contributed by atoms with van der Waals surface area (Å²) in [5.41, 5.74) is 0.823. The summed E-state index contributed by atoms with van der Waals surface area (Å²) in [5, 5.41) is 0. The lowest BCUT2D eigenvalue weighted by Gasteiger charge is -2.30. The molecule has 0 aliphatic carbocycles. The second-order valence-corrected chi connectivity index (χ2v) is 4.72. The molecule has 5 heteroatoms. The van der Waals surface area contributed by atoms with Gasteiger partial charge in [0.05, 0.1) is 0 Å². The maximum absolute atomic E-state index is 12.6.